The largest absolute Gasteiger partial charge is 0.479 e. The van der Waals surface area contributed by atoms with Gasteiger partial charge in [0.15, 0.2) is 6.10 Å². The lowest BCUT2D eigenvalue weighted by Crippen LogP contribution is -2.56. The third-order valence-electron chi connectivity index (χ3n) is 3.37. The third-order valence-corrected chi connectivity index (χ3v) is 4.56. The highest BCUT2D eigenvalue weighted by Crippen LogP contribution is 2.29. The van der Waals surface area contributed by atoms with Crippen molar-refractivity contribution in [2.75, 3.05) is 18.6 Å². The number of methoxy groups -OCH3 is 1. The number of aliphatic carboxylic acids is 1. The van der Waals surface area contributed by atoms with Gasteiger partial charge in [-0.15, -0.1) is 0 Å². The van der Waals surface area contributed by atoms with Crippen molar-refractivity contribution in [3.8, 4) is 0 Å². The van der Waals surface area contributed by atoms with Crippen molar-refractivity contribution in [3.63, 3.8) is 0 Å². The number of rotatable bonds is 5. The molecule has 1 fully saturated rings. The lowest BCUT2D eigenvalue weighted by atomic mass is 9.98. The van der Waals surface area contributed by atoms with E-state index >= 15 is 0 Å². The van der Waals surface area contributed by atoms with Gasteiger partial charge in [0.1, 0.15) is 5.54 Å². The van der Waals surface area contributed by atoms with Gasteiger partial charge in [0, 0.05) is 12.9 Å². The fraction of sp³-hybridized carbons (Fsp3) is 0.429. The first kappa shape index (κ1) is 14.9. The number of ether oxygens (including phenoxy) is 1. The number of thioether (sulfide) groups is 1. The number of amides is 1. The molecule has 20 heavy (non-hydrogen) atoms. The standard InChI is InChI=1S/C14H17NO4S/c1-19-11(10-5-3-2-4-6-10)12(16)15-14(13(17)18)7-8-20-9-14/h2-6,11H,7-9H2,1H3,(H,15,16)(H,17,18)/t11-,14+/m1/s1. The highest BCUT2D eigenvalue weighted by atomic mass is 32.2. The van der Waals surface area contributed by atoms with Gasteiger partial charge >= 0.3 is 5.97 Å². The Hall–Kier alpha value is -1.53. The summed E-state index contributed by atoms with van der Waals surface area (Å²) in [6, 6.07) is 9.04. The zero-order valence-electron chi connectivity index (χ0n) is 11.2. The second kappa shape index (κ2) is 6.28. The van der Waals surface area contributed by atoms with E-state index in [0.717, 1.165) is 5.75 Å². The second-order valence-electron chi connectivity index (χ2n) is 4.71. The Bertz CT molecular complexity index is 485. The van der Waals surface area contributed by atoms with Crippen LogP contribution < -0.4 is 5.32 Å². The minimum Gasteiger partial charge on any atom is -0.479 e. The number of benzene rings is 1. The zero-order chi connectivity index (χ0) is 14.6. The number of carboxylic acids is 1. The van der Waals surface area contributed by atoms with E-state index in [-0.39, 0.29) is 0 Å². The van der Waals surface area contributed by atoms with E-state index in [1.54, 1.807) is 12.1 Å². The highest BCUT2D eigenvalue weighted by Gasteiger charge is 2.44. The van der Waals surface area contributed by atoms with Gasteiger partial charge in [0.25, 0.3) is 5.91 Å². The topological polar surface area (TPSA) is 75.6 Å². The maximum atomic E-state index is 12.3. The van der Waals surface area contributed by atoms with Crippen molar-refractivity contribution < 1.29 is 19.4 Å². The van der Waals surface area contributed by atoms with Crippen molar-refractivity contribution in [1.29, 1.82) is 0 Å². The van der Waals surface area contributed by atoms with Gasteiger partial charge in [-0.2, -0.15) is 11.8 Å². The minimum absolute atomic E-state index is 0.388. The molecule has 5 nitrogen and oxygen atoms in total. The van der Waals surface area contributed by atoms with E-state index in [4.69, 9.17) is 4.74 Å². The predicted molar refractivity (Wildman–Crippen MR) is 76.6 cm³/mol. The summed E-state index contributed by atoms with van der Waals surface area (Å²) in [7, 11) is 1.44. The number of hydrogen-bond donors (Lipinski definition) is 2. The molecule has 1 saturated heterocycles. The maximum Gasteiger partial charge on any atom is 0.330 e. The van der Waals surface area contributed by atoms with Crippen LogP contribution in [-0.2, 0) is 14.3 Å². The minimum atomic E-state index is -1.17. The molecule has 0 unspecified atom stereocenters. The van der Waals surface area contributed by atoms with E-state index in [2.05, 4.69) is 5.32 Å². The number of hydrogen-bond acceptors (Lipinski definition) is 4. The normalized spacial score (nSPS) is 23.2. The summed E-state index contributed by atoms with van der Waals surface area (Å²) in [5, 5.41) is 12.0. The SMILES string of the molecule is CO[C@@H](C(=O)N[C@@]1(C(=O)O)CCSC1)c1ccccc1. The molecule has 1 amide bonds. The van der Waals surface area contributed by atoms with Gasteiger partial charge in [-0.05, 0) is 17.7 Å². The van der Waals surface area contributed by atoms with Gasteiger partial charge < -0.3 is 15.2 Å². The molecule has 0 aromatic heterocycles. The Labute approximate surface area is 121 Å². The molecule has 1 aromatic rings. The summed E-state index contributed by atoms with van der Waals surface area (Å²) in [6.45, 7) is 0. The molecule has 1 heterocycles. The number of carbonyl (C=O) groups excluding carboxylic acids is 1. The Morgan fingerprint density at radius 1 is 1.40 bits per heavy atom. The van der Waals surface area contributed by atoms with E-state index in [0.29, 0.717) is 17.7 Å². The van der Waals surface area contributed by atoms with Crippen molar-refractivity contribution in [1.82, 2.24) is 5.32 Å². The first-order valence-electron chi connectivity index (χ1n) is 6.30. The molecule has 2 rings (SSSR count). The summed E-state index contributed by atoms with van der Waals surface area (Å²) in [5.74, 6) is -0.281. The smallest absolute Gasteiger partial charge is 0.330 e. The molecular weight excluding hydrogens is 278 g/mol. The van der Waals surface area contributed by atoms with Crippen molar-refractivity contribution in [3.05, 3.63) is 35.9 Å². The van der Waals surface area contributed by atoms with Gasteiger partial charge in [-0.3, -0.25) is 4.79 Å². The first-order chi connectivity index (χ1) is 9.59. The Morgan fingerprint density at radius 3 is 2.60 bits per heavy atom. The Balaban J connectivity index is 2.15. The summed E-state index contributed by atoms with van der Waals surface area (Å²) in [5.41, 5.74) is -0.466. The van der Waals surface area contributed by atoms with Crippen molar-refractivity contribution in [2.24, 2.45) is 0 Å². The molecular formula is C14H17NO4S. The van der Waals surface area contributed by atoms with Crippen LogP contribution in [0.2, 0.25) is 0 Å². The Morgan fingerprint density at radius 2 is 2.10 bits per heavy atom. The average Bonchev–Trinajstić information content (AvgIpc) is 2.90. The maximum absolute atomic E-state index is 12.3. The van der Waals surface area contributed by atoms with E-state index in [1.807, 2.05) is 18.2 Å². The van der Waals surface area contributed by atoms with Gasteiger partial charge in [-0.1, -0.05) is 30.3 Å². The van der Waals surface area contributed by atoms with E-state index < -0.39 is 23.5 Å². The lowest BCUT2D eigenvalue weighted by Gasteiger charge is -2.27. The van der Waals surface area contributed by atoms with Crippen LogP contribution in [0.5, 0.6) is 0 Å². The summed E-state index contributed by atoms with van der Waals surface area (Å²) < 4.78 is 5.22. The fourth-order valence-electron chi connectivity index (χ4n) is 2.21. The van der Waals surface area contributed by atoms with Crippen molar-refractivity contribution >= 4 is 23.6 Å². The fourth-order valence-corrected chi connectivity index (χ4v) is 3.53. The molecule has 2 atom stereocenters. The van der Waals surface area contributed by atoms with Crippen LogP contribution >= 0.6 is 11.8 Å². The van der Waals surface area contributed by atoms with Crippen LogP contribution in [0.3, 0.4) is 0 Å². The van der Waals surface area contributed by atoms with E-state index in [9.17, 15) is 14.7 Å². The van der Waals surface area contributed by atoms with Crippen LogP contribution in [0.4, 0.5) is 0 Å². The first-order valence-corrected chi connectivity index (χ1v) is 7.45. The van der Waals surface area contributed by atoms with Crippen LogP contribution in [0.15, 0.2) is 30.3 Å². The molecule has 0 bridgehead atoms. The molecule has 6 heteroatoms. The molecule has 0 saturated carbocycles. The lowest BCUT2D eigenvalue weighted by molar-refractivity contribution is -0.148. The van der Waals surface area contributed by atoms with Crippen molar-refractivity contribution in [2.45, 2.75) is 18.1 Å². The predicted octanol–water partition coefficient (Wildman–Crippen LogP) is 1.45. The van der Waals surface area contributed by atoms with E-state index in [1.165, 1.54) is 18.9 Å². The number of carboxylic acid groups (broad SMARTS) is 1. The monoisotopic (exact) mass is 295 g/mol. The second-order valence-corrected chi connectivity index (χ2v) is 5.81. The average molecular weight is 295 g/mol. The molecule has 0 radical (unpaired) electrons. The summed E-state index contributed by atoms with van der Waals surface area (Å²) in [4.78, 5) is 23.8. The number of carbonyl (C=O) groups is 2. The molecule has 0 spiro atoms. The molecule has 1 aliphatic rings. The van der Waals surface area contributed by atoms with Crippen LogP contribution in [0.1, 0.15) is 18.1 Å². The van der Waals surface area contributed by atoms with Gasteiger partial charge in [0.2, 0.25) is 0 Å². The molecule has 108 valence electrons. The quantitative estimate of drug-likeness (QED) is 0.860. The van der Waals surface area contributed by atoms with Crippen LogP contribution in [0.25, 0.3) is 0 Å². The summed E-state index contributed by atoms with van der Waals surface area (Å²) in [6.07, 6.45) is -0.359. The zero-order valence-corrected chi connectivity index (χ0v) is 12.0. The van der Waals surface area contributed by atoms with Gasteiger partial charge in [-0.25, -0.2) is 4.79 Å². The summed E-state index contributed by atoms with van der Waals surface area (Å²) >= 11 is 1.53. The molecule has 0 aliphatic carbocycles. The Kier molecular flexibility index (Phi) is 4.67. The molecule has 1 aliphatic heterocycles. The molecule has 2 N–H and O–H groups in total. The molecule has 1 aromatic carbocycles. The van der Waals surface area contributed by atoms with Crippen LogP contribution in [0, 0.1) is 0 Å². The number of nitrogens with one attached hydrogen (secondary N) is 1. The highest BCUT2D eigenvalue weighted by molar-refractivity contribution is 7.99. The third kappa shape index (κ3) is 2.96. The van der Waals surface area contributed by atoms with Crippen LogP contribution in [-0.4, -0.2) is 41.1 Å². The van der Waals surface area contributed by atoms with Gasteiger partial charge in [0.05, 0.1) is 0 Å².